The molecule has 0 aromatic heterocycles. The zero-order chi connectivity index (χ0) is 15.0. The zero-order valence-electron chi connectivity index (χ0n) is 12.0. The molecule has 1 aromatic carbocycles. The van der Waals surface area contributed by atoms with E-state index in [1.54, 1.807) is 12.1 Å². The number of nitrogens with two attached hydrogens (primary N) is 1. The molecule has 4 nitrogen and oxygen atoms in total. The number of benzene rings is 1. The third-order valence-corrected chi connectivity index (χ3v) is 5.45. The molecule has 2 atom stereocenters. The number of nitrogens with zero attached hydrogens (tertiary/aromatic N) is 1. The van der Waals surface area contributed by atoms with Gasteiger partial charge in [0.25, 0.3) is 5.91 Å². The largest absolute Gasteiger partial charge is 0.398 e. The van der Waals surface area contributed by atoms with Crippen LogP contribution in [-0.2, 0) is 0 Å². The molecule has 1 aliphatic heterocycles. The monoisotopic (exact) mass is 352 g/mol. The van der Waals surface area contributed by atoms with Crippen LogP contribution in [0.15, 0.2) is 22.7 Å². The van der Waals surface area contributed by atoms with E-state index < -0.39 is 5.60 Å². The summed E-state index contributed by atoms with van der Waals surface area (Å²) >= 11 is 3.39. The lowest BCUT2D eigenvalue weighted by molar-refractivity contribution is -0.0886. The fraction of sp³-hybridized carbons (Fsp3) is 0.562. The Morgan fingerprint density at radius 2 is 2.19 bits per heavy atom. The lowest BCUT2D eigenvalue weighted by Crippen LogP contribution is -2.54. The number of fused-ring (bicyclic) bond motifs is 1. The molecule has 1 aromatic rings. The number of anilines is 1. The molecule has 1 heterocycles. The van der Waals surface area contributed by atoms with Gasteiger partial charge in [-0.15, -0.1) is 0 Å². The van der Waals surface area contributed by atoms with Crippen molar-refractivity contribution in [1.82, 2.24) is 4.90 Å². The molecular weight excluding hydrogens is 332 g/mol. The van der Waals surface area contributed by atoms with Gasteiger partial charge >= 0.3 is 0 Å². The van der Waals surface area contributed by atoms with Crippen molar-refractivity contribution in [3.8, 4) is 0 Å². The maximum Gasteiger partial charge on any atom is 0.255 e. The minimum atomic E-state index is -0.558. The molecular formula is C16H21BrN2O2. The van der Waals surface area contributed by atoms with Gasteiger partial charge in [-0.2, -0.15) is 0 Å². The van der Waals surface area contributed by atoms with Crippen LogP contribution in [0.25, 0.3) is 0 Å². The van der Waals surface area contributed by atoms with Crippen LogP contribution in [0.3, 0.4) is 0 Å². The highest BCUT2D eigenvalue weighted by molar-refractivity contribution is 9.10. The molecule has 1 amide bonds. The van der Waals surface area contributed by atoms with Crippen molar-refractivity contribution in [2.24, 2.45) is 5.92 Å². The van der Waals surface area contributed by atoms with Crippen molar-refractivity contribution < 1.29 is 9.90 Å². The van der Waals surface area contributed by atoms with E-state index in [4.69, 9.17) is 5.73 Å². The molecule has 2 fully saturated rings. The van der Waals surface area contributed by atoms with Gasteiger partial charge in [0.2, 0.25) is 0 Å². The summed E-state index contributed by atoms with van der Waals surface area (Å²) in [6.07, 6.45) is 4.80. The summed E-state index contributed by atoms with van der Waals surface area (Å²) in [5.74, 6) is 0.179. The molecule has 2 aliphatic rings. The average Bonchev–Trinajstić information content (AvgIpc) is 2.48. The van der Waals surface area contributed by atoms with Crippen molar-refractivity contribution >= 4 is 27.5 Å². The summed E-state index contributed by atoms with van der Waals surface area (Å²) in [5.41, 5.74) is 6.43. The van der Waals surface area contributed by atoms with Gasteiger partial charge in [0.1, 0.15) is 0 Å². The van der Waals surface area contributed by atoms with Crippen molar-refractivity contribution in [2.45, 2.75) is 37.7 Å². The van der Waals surface area contributed by atoms with Crippen LogP contribution >= 0.6 is 15.9 Å². The summed E-state index contributed by atoms with van der Waals surface area (Å²) in [6, 6.07) is 5.36. The van der Waals surface area contributed by atoms with Crippen molar-refractivity contribution in [2.75, 3.05) is 18.8 Å². The summed E-state index contributed by atoms with van der Waals surface area (Å²) in [6.45, 7) is 1.25. The first-order valence-electron chi connectivity index (χ1n) is 7.56. The molecule has 5 heteroatoms. The highest BCUT2D eigenvalue weighted by atomic mass is 79.9. The molecule has 1 saturated heterocycles. The Hall–Kier alpha value is -1.07. The second-order valence-electron chi connectivity index (χ2n) is 6.28. The molecule has 1 saturated carbocycles. The van der Waals surface area contributed by atoms with E-state index in [0.717, 1.165) is 30.2 Å². The van der Waals surface area contributed by atoms with Crippen LogP contribution in [-0.4, -0.2) is 34.6 Å². The summed E-state index contributed by atoms with van der Waals surface area (Å²) < 4.78 is 0.853. The van der Waals surface area contributed by atoms with E-state index in [0.29, 0.717) is 30.8 Å². The minimum Gasteiger partial charge on any atom is -0.398 e. The first-order chi connectivity index (χ1) is 9.99. The predicted molar refractivity (Wildman–Crippen MR) is 86.0 cm³/mol. The van der Waals surface area contributed by atoms with Gasteiger partial charge in [-0.3, -0.25) is 4.79 Å². The fourth-order valence-corrected chi connectivity index (χ4v) is 4.00. The van der Waals surface area contributed by atoms with Gasteiger partial charge in [0.15, 0.2) is 0 Å². The SMILES string of the molecule is Nc1ccc(Br)cc1C(=O)N1CCC2(O)CCCCC2C1. The van der Waals surface area contributed by atoms with Crippen molar-refractivity contribution in [3.63, 3.8) is 0 Å². The highest BCUT2D eigenvalue weighted by Crippen LogP contribution is 2.40. The van der Waals surface area contributed by atoms with Gasteiger partial charge in [-0.05, 0) is 37.5 Å². The number of carbonyl (C=O) groups excluding carboxylic acids is 1. The number of nitrogen functional groups attached to an aromatic ring is 1. The van der Waals surface area contributed by atoms with E-state index in [1.165, 1.54) is 0 Å². The lowest BCUT2D eigenvalue weighted by atomic mass is 9.71. The van der Waals surface area contributed by atoms with E-state index in [9.17, 15) is 9.90 Å². The van der Waals surface area contributed by atoms with Crippen molar-refractivity contribution in [1.29, 1.82) is 0 Å². The maximum atomic E-state index is 12.7. The van der Waals surface area contributed by atoms with Crippen LogP contribution in [0, 0.1) is 5.92 Å². The number of hydrogen-bond acceptors (Lipinski definition) is 3. The first kappa shape index (κ1) is 14.9. The van der Waals surface area contributed by atoms with Gasteiger partial charge in [-0.1, -0.05) is 28.8 Å². The number of rotatable bonds is 1. The topological polar surface area (TPSA) is 66.6 Å². The van der Waals surface area contributed by atoms with Crippen LogP contribution in [0.5, 0.6) is 0 Å². The van der Waals surface area contributed by atoms with Gasteiger partial charge in [0, 0.05) is 29.2 Å². The van der Waals surface area contributed by atoms with Crippen LogP contribution in [0.2, 0.25) is 0 Å². The maximum absolute atomic E-state index is 12.7. The summed E-state index contributed by atoms with van der Waals surface area (Å²) in [7, 11) is 0. The summed E-state index contributed by atoms with van der Waals surface area (Å²) in [5, 5.41) is 10.7. The summed E-state index contributed by atoms with van der Waals surface area (Å²) in [4.78, 5) is 14.5. The molecule has 1 aliphatic carbocycles. The zero-order valence-corrected chi connectivity index (χ0v) is 13.6. The highest BCUT2D eigenvalue weighted by Gasteiger charge is 2.43. The molecule has 0 radical (unpaired) electrons. The van der Waals surface area contributed by atoms with Gasteiger partial charge in [-0.25, -0.2) is 0 Å². The minimum absolute atomic E-state index is 0.0265. The Morgan fingerprint density at radius 1 is 1.38 bits per heavy atom. The Labute approximate surface area is 133 Å². The normalized spacial score (nSPS) is 29.0. The second-order valence-corrected chi connectivity index (χ2v) is 7.19. The quantitative estimate of drug-likeness (QED) is 0.763. The van der Waals surface area contributed by atoms with Crippen LogP contribution in [0.1, 0.15) is 42.5 Å². The number of likely N-dealkylation sites (tertiary alicyclic amines) is 1. The van der Waals surface area contributed by atoms with E-state index >= 15 is 0 Å². The van der Waals surface area contributed by atoms with Gasteiger partial charge < -0.3 is 15.7 Å². The van der Waals surface area contributed by atoms with E-state index in [2.05, 4.69) is 15.9 Å². The molecule has 21 heavy (non-hydrogen) atoms. The molecule has 114 valence electrons. The molecule has 0 spiro atoms. The van der Waals surface area contributed by atoms with E-state index in [-0.39, 0.29) is 11.8 Å². The smallest absolute Gasteiger partial charge is 0.255 e. The van der Waals surface area contributed by atoms with Crippen LogP contribution in [0.4, 0.5) is 5.69 Å². The lowest BCUT2D eigenvalue weighted by Gasteiger charge is -2.47. The average molecular weight is 353 g/mol. The third kappa shape index (κ3) is 2.81. The predicted octanol–water partition coefficient (Wildman–Crippen LogP) is 2.80. The number of aliphatic hydroxyl groups is 1. The number of halogens is 1. The molecule has 3 rings (SSSR count). The standard InChI is InChI=1S/C16H21BrN2O2/c17-12-4-5-14(18)13(9-12)15(20)19-8-7-16(21)6-2-1-3-11(16)10-19/h4-5,9,11,21H,1-3,6-8,10,18H2. The molecule has 3 N–H and O–H groups in total. The first-order valence-corrected chi connectivity index (χ1v) is 8.35. The van der Waals surface area contributed by atoms with Crippen molar-refractivity contribution in [3.05, 3.63) is 28.2 Å². The Balaban J connectivity index is 1.79. The number of piperidine rings is 1. The third-order valence-electron chi connectivity index (χ3n) is 4.96. The Kier molecular flexibility index (Phi) is 3.97. The van der Waals surface area contributed by atoms with E-state index in [1.807, 2.05) is 11.0 Å². The Bertz CT molecular complexity index is 563. The molecule has 2 unspecified atom stereocenters. The number of carbonyl (C=O) groups is 1. The molecule has 0 bridgehead atoms. The second kappa shape index (κ2) is 5.61. The number of hydrogen-bond donors (Lipinski definition) is 2. The van der Waals surface area contributed by atoms with Gasteiger partial charge in [0.05, 0.1) is 11.2 Å². The number of amides is 1. The Morgan fingerprint density at radius 3 is 3.00 bits per heavy atom. The van der Waals surface area contributed by atoms with Crippen LogP contribution < -0.4 is 5.73 Å². The fourth-order valence-electron chi connectivity index (χ4n) is 3.64.